The van der Waals surface area contributed by atoms with Gasteiger partial charge < -0.3 is 10.2 Å². The monoisotopic (exact) mass is 348 g/mol. The zero-order valence-electron chi connectivity index (χ0n) is 11.6. The normalized spacial score (nSPS) is 21.0. The zero-order chi connectivity index (χ0) is 14.1. The van der Waals surface area contributed by atoms with Gasteiger partial charge in [-0.15, -0.1) is 12.4 Å². The number of carbonyl (C=O) groups excluding carboxylic acids is 1. The van der Waals surface area contributed by atoms with Crippen molar-refractivity contribution in [1.29, 1.82) is 0 Å². The molecule has 1 aromatic rings. The minimum atomic E-state index is 0. The second kappa shape index (κ2) is 7.19. The van der Waals surface area contributed by atoms with Crippen LogP contribution in [-0.2, 0) is 11.3 Å². The van der Waals surface area contributed by atoms with E-state index in [4.69, 9.17) is 23.2 Å². The zero-order valence-corrected chi connectivity index (χ0v) is 14.0. The molecule has 3 nitrogen and oxygen atoms in total. The van der Waals surface area contributed by atoms with Crippen LogP contribution in [0.25, 0.3) is 0 Å². The molecule has 2 aliphatic rings. The third kappa shape index (κ3) is 4.04. The highest BCUT2D eigenvalue weighted by atomic mass is 35.5. The van der Waals surface area contributed by atoms with Crippen LogP contribution in [-0.4, -0.2) is 29.9 Å². The number of nitrogens with one attached hydrogen (secondary N) is 1. The van der Waals surface area contributed by atoms with Gasteiger partial charge in [0.25, 0.3) is 0 Å². The number of nitrogens with zero attached hydrogens (tertiary/aromatic N) is 1. The molecule has 6 heteroatoms. The van der Waals surface area contributed by atoms with Gasteiger partial charge in [-0.3, -0.25) is 4.79 Å². The summed E-state index contributed by atoms with van der Waals surface area (Å²) < 4.78 is 0. The van der Waals surface area contributed by atoms with E-state index in [9.17, 15) is 4.79 Å². The van der Waals surface area contributed by atoms with E-state index >= 15 is 0 Å². The molecule has 1 saturated carbocycles. The molecule has 0 bridgehead atoms. The first kappa shape index (κ1) is 16.9. The highest BCUT2D eigenvalue weighted by molar-refractivity contribution is 6.42. The van der Waals surface area contributed by atoms with Gasteiger partial charge in [0.2, 0.25) is 5.91 Å². The summed E-state index contributed by atoms with van der Waals surface area (Å²) >= 11 is 12.0. The molecule has 1 atom stereocenters. The van der Waals surface area contributed by atoms with E-state index in [1.165, 1.54) is 0 Å². The Balaban J connectivity index is 0.00000161. The summed E-state index contributed by atoms with van der Waals surface area (Å²) in [6.07, 6.45) is 3.18. The minimum Gasteiger partial charge on any atom is -0.335 e. The number of amides is 1. The van der Waals surface area contributed by atoms with Gasteiger partial charge in [0.15, 0.2) is 0 Å². The van der Waals surface area contributed by atoms with E-state index in [1.807, 2.05) is 17.0 Å². The van der Waals surface area contributed by atoms with Crippen LogP contribution in [0.15, 0.2) is 18.2 Å². The summed E-state index contributed by atoms with van der Waals surface area (Å²) in [4.78, 5) is 14.6. The van der Waals surface area contributed by atoms with Gasteiger partial charge in [-0.05, 0) is 43.5 Å². The van der Waals surface area contributed by atoms with Crippen molar-refractivity contribution in [3.8, 4) is 0 Å². The molecule has 1 N–H and O–H groups in total. The molecule has 1 aromatic carbocycles. The summed E-state index contributed by atoms with van der Waals surface area (Å²) in [5.41, 5.74) is 1.05. The van der Waals surface area contributed by atoms with E-state index in [-0.39, 0.29) is 24.2 Å². The lowest BCUT2D eigenvalue weighted by Crippen LogP contribution is -2.38. The highest BCUT2D eigenvalue weighted by Gasteiger charge is 2.36. The molecule has 116 valence electrons. The Bertz CT molecular complexity index is 514. The van der Waals surface area contributed by atoms with Gasteiger partial charge in [0.05, 0.1) is 16.0 Å². The first-order valence-corrected chi connectivity index (χ1v) is 7.86. The van der Waals surface area contributed by atoms with Crippen molar-refractivity contribution in [2.45, 2.75) is 31.8 Å². The van der Waals surface area contributed by atoms with Gasteiger partial charge in [0.1, 0.15) is 0 Å². The average molecular weight is 350 g/mol. The predicted molar refractivity (Wildman–Crippen MR) is 88.3 cm³/mol. The van der Waals surface area contributed by atoms with Crippen LogP contribution >= 0.6 is 35.6 Å². The maximum absolute atomic E-state index is 12.6. The second-order valence-corrected chi connectivity index (χ2v) is 6.45. The maximum Gasteiger partial charge on any atom is 0.227 e. The van der Waals surface area contributed by atoms with Gasteiger partial charge in [0, 0.05) is 19.1 Å². The molecule has 0 radical (unpaired) electrons. The number of hydrogen-bond acceptors (Lipinski definition) is 2. The fraction of sp³-hybridized carbons (Fsp3) is 0.533. The molecule has 21 heavy (non-hydrogen) atoms. The molecular weight excluding hydrogens is 331 g/mol. The van der Waals surface area contributed by atoms with Crippen molar-refractivity contribution in [3.05, 3.63) is 33.8 Å². The Morgan fingerprint density at radius 1 is 1.24 bits per heavy atom. The molecule has 0 spiro atoms. The lowest BCUT2D eigenvalue weighted by Gasteiger charge is -2.25. The summed E-state index contributed by atoms with van der Waals surface area (Å²) in [5, 5.41) is 4.37. The third-order valence-electron chi connectivity index (χ3n) is 4.02. The summed E-state index contributed by atoms with van der Waals surface area (Å²) in [6, 6.07) is 6.02. The lowest BCUT2D eigenvalue weighted by molar-refractivity contribution is -0.136. The van der Waals surface area contributed by atoms with Gasteiger partial charge in [-0.2, -0.15) is 0 Å². The van der Waals surface area contributed by atoms with E-state index in [0.717, 1.165) is 37.9 Å². The van der Waals surface area contributed by atoms with E-state index in [0.29, 0.717) is 22.6 Å². The first-order valence-electron chi connectivity index (χ1n) is 7.10. The third-order valence-corrected chi connectivity index (χ3v) is 4.76. The van der Waals surface area contributed by atoms with E-state index in [1.54, 1.807) is 6.07 Å². The minimum absolute atomic E-state index is 0. The van der Waals surface area contributed by atoms with Crippen LogP contribution in [0, 0.1) is 5.92 Å². The Kier molecular flexibility index (Phi) is 5.78. The molecule has 1 aliphatic carbocycles. The molecule has 1 heterocycles. The average Bonchev–Trinajstić information content (AvgIpc) is 3.13. The van der Waals surface area contributed by atoms with Crippen molar-refractivity contribution in [1.82, 2.24) is 10.2 Å². The molecule has 3 rings (SSSR count). The van der Waals surface area contributed by atoms with Crippen molar-refractivity contribution >= 4 is 41.5 Å². The van der Waals surface area contributed by atoms with E-state index in [2.05, 4.69) is 5.32 Å². The molecule has 0 aromatic heterocycles. The Morgan fingerprint density at radius 3 is 2.57 bits per heavy atom. The highest BCUT2D eigenvalue weighted by Crippen LogP contribution is 2.31. The molecule has 1 saturated heterocycles. The number of carbonyl (C=O) groups is 1. The second-order valence-electron chi connectivity index (χ2n) is 5.64. The SMILES string of the molecule is Cl.O=C(C1CCNC1)N(Cc1ccc(Cl)c(Cl)c1)C1CC1. The molecular formula is C15H19Cl3N2O. The smallest absolute Gasteiger partial charge is 0.227 e. The Morgan fingerprint density at radius 2 is 2.00 bits per heavy atom. The van der Waals surface area contributed by atoms with Gasteiger partial charge >= 0.3 is 0 Å². The quantitative estimate of drug-likeness (QED) is 0.902. The van der Waals surface area contributed by atoms with Crippen molar-refractivity contribution in [2.75, 3.05) is 13.1 Å². The molecule has 1 amide bonds. The number of hydrogen-bond donors (Lipinski definition) is 1. The van der Waals surface area contributed by atoms with Gasteiger partial charge in [-0.1, -0.05) is 29.3 Å². The van der Waals surface area contributed by atoms with Crippen LogP contribution in [0.3, 0.4) is 0 Å². The maximum atomic E-state index is 12.6. The standard InChI is InChI=1S/C15H18Cl2N2O.ClH/c16-13-4-1-10(7-14(13)17)9-19(12-2-3-12)15(20)11-5-6-18-8-11;/h1,4,7,11-12,18H,2-3,5-6,8-9H2;1H. The number of halogens is 3. The number of rotatable bonds is 4. The van der Waals surface area contributed by atoms with Crippen LogP contribution in [0.2, 0.25) is 10.0 Å². The van der Waals surface area contributed by atoms with Crippen LogP contribution in [0.4, 0.5) is 0 Å². The van der Waals surface area contributed by atoms with Crippen molar-refractivity contribution < 1.29 is 4.79 Å². The molecule has 1 unspecified atom stereocenters. The topological polar surface area (TPSA) is 32.3 Å². The molecule has 2 fully saturated rings. The Hall–Kier alpha value is -0.480. The van der Waals surface area contributed by atoms with E-state index < -0.39 is 0 Å². The first-order chi connectivity index (χ1) is 9.65. The lowest BCUT2D eigenvalue weighted by atomic mass is 10.1. The van der Waals surface area contributed by atoms with Crippen molar-refractivity contribution in [3.63, 3.8) is 0 Å². The summed E-state index contributed by atoms with van der Waals surface area (Å²) in [7, 11) is 0. The van der Waals surface area contributed by atoms with Crippen LogP contribution in [0.1, 0.15) is 24.8 Å². The van der Waals surface area contributed by atoms with Crippen LogP contribution in [0.5, 0.6) is 0 Å². The van der Waals surface area contributed by atoms with Gasteiger partial charge in [-0.25, -0.2) is 0 Å². The Labute approximate surface area is 141 Å². The molecule has 1 aliphatic heterocycles. The van der Waals surface area contributed by atoms with Crippen LogP contribution < -0.4 is 5.32 Å². The fourth-order valence-corrected chi connectivity index (χ4v) is 3.03. The van der Waals surface area contributed by atoms with Crippen molar-refractivity contribution in [2.24, 2.45) is 5.92 Å². The fourth-order valence-electron chi connectivity index (χ4n) is 2.71. The summed E-state index contributed by atoms with van der Waals surface area (Å²) in [5.74, 6) is 0.418. The largest absolute Gasteiger partial charge is 0.335 e. The number of benzene rings is 1. The predicted octanol–water partition coefficient (Wildman–Crippen LogP) is 3.52. The summed E-state index contributed by atoms with van der Waals surface area (Å²) in [6.45, 7) is 2.39.